The molecule has 2 amide bonds. The highest BCUT2D eigenvalue weighted by Gasteiger charge is 2.26. The summed E-state index contributed by atoms with van der Waals surface area (Å²) in [6, 6.07) is -2.82. The Hall–Kier alpha value is -2.24. The molecule has 1 rings (SSSR count). The number of hydrogen-bond acceptors (Lipinski definition) is 8. The molecule has 0 aliphatic carbocycles. The van der Waals surface area contributed by atoms with Gasteiger partial charge in [-0.3, -0.25) is 0 Å². The van der Waals surface area contributed by atoms with Gasteiger partial charge in [-0.25, -0.2) is 9.59 Å². The number of carboxylic acid groups (broad SMARTS) is 1. The van der Waals surface area contributed by atoms with Crippen molar-refractivity contribution in [1.82, 2.24) is 20.8 Å². The molecule has 0 aliphatic rings. The molecule has 0 radical (unpaired) electrons. The monoisotopic (exact) mass is 331 g/mol. The Balaban J connectivity index is 2.54. The standard InChI is InChI=1S/C12H21N5O6/c1-5(4-18)9(11(20)21)16-12(22)14-3-7-15-10(17-23-7)8(13)6(2)19/h5-6,8-9,18-19H,3-4,13H2,1-2H3,(H,20,21)(H2,14,16,22)/t5?,6?,8-,9-/m0/s1. The van der Waals surface area contributed by atoms with E-state index in [-0.39, 0.29) is 24.9 Å². The minimum absolute atomic E-state index is 0.0494. The number of nitrogens with zero attached hydrogens (tertiary/aromatic N) is 2. The van der Waals surface area contributed by atoms with Crippen LogP contribution < -0.4 is 16.4 Å². The van der Waals surface area contributed by atoms with Gasteiger partial charge in [0.25, 0.3) is 0 Å². The molecule has 11 heteroatoms. The Bertz CT molecular complexity index is 534. The fourth-order valence-corrected chi connectivity index (χ4v) is 1.59. The lowest BCUT2D eigenvalue weighted by Crippen LogP contribution is -2.49. The number of amides is 2. The molecule has 0 saturated heterocycles. The number of aliphatic carboxylic acids is 1. The minimum Gasteiger partial charge on any atom is -0.480 e. The molecule has 1 aromatic rings. The Kier molecular flexibility index (Phi) is 6.88. The number of carbonyl (C=O) groups is 2. The van der Waals surface area contributed by atoms with Gasteiger partial charge in [0.2, 0.25) is 5.89 Å². The maximum absolute atomic E-state index is 11.7. The van der Waals surface area contributed by atoms with Crippen molar-refractivity contribution in [2.24, 2.45) is 11.7 Å². The number of rotatable bonds is 8. The second kappa shape index (κ2) is 8.41. The molecule has 0 bridgehead atoms. The van der Waals surface area contributed by atoms with Crippen LogP contribution in [-0.2, 0) is 11.3 Å². The Labute approximate surface area is 131 Å². The van der Waals surface area contributed by atoms with Crippen LogP contribution in [0.2, 0.25) is 0 Å². The van der Waals surface area contributed by atoms with Crippen molar-refractivity contribution >= 4 is 12.0 Å². The maximum atomic E-state index is 11.7. The van der Waals surface area contributed by atoms with Crippen LogP contribution in [0.5, 0.6) is 0 Å². The van der Waals surface area contributed by atoms with Crippen LogP contribution in [0.15, 0.2) is 4.52 Å². The lowest BCUT2D eigenvalue weighted by atomic mass is 10.0. The smallest absolute Gasteiger partial charge is 0.326 e. The van der Waals surface area contributed by atoms with E-state index in [4.69, 9.17) is 20.5 Å². The average Bonchev–Trinajstić information content (AvgIpc) is 2.97. The van der Waals surface area contributed by atoms with Crippen LogP contribution in [0.1, 0.15) is 31.6 Å². The van der Waals surface area contributed by atoms with Gasteiger partial charge in [0.15, 0.2) is 5.82 Å². The summed E-state index contributed by atoms with van der Waals surface area (Å²) in [5.74, 6) is -1.77. The highest BCUT2D eigenvalue weighted by Crippen LogP contribution is 2.10. The summed E-state index contributed by atoms with van der Waals surface area (Å²) >= 11 is 0. The van der Waals surface area contributed by atoms with Gasteiger partial charge in [-0.1, -0.05) is 12.1 Å². The Morgan fingerprint density at radius 2 is 2.04 bits per heavy atom. The van der Waals surface area contributed by atoms with E-state index in [1.807, 2.05) is 0 Å². The molecule has 0 spiro atoms. The molecule has 0 fully saturated rings. The number of urea groups is 1. The molecule has 0 aromatic carbocycles. The summed E-state index contributed by atoms with van der Waals surface area (Å²) in [6.07, 6.45) is -0.868. The minimum atomic E-state index is -1.26. The third-order valence-corrected chi connectivity index (χ3v) is 3.11. The van der Waals surface area contributed by atoms with Gasteiger partial charge >= 0.3 is 12.0 Å². The second-order valence-corrected chi connectivity index (χ2v) is 5.12. The molecule has 11 nitrogen and oxygen atoms in total. The molecular formula is C12H21N5O6. The van der Waals surface area contributed by atoms with Gasteiger partial charge in [-0.15, -0.1) is 0 Å². The predicted molar refractivity (Wildman–Crippen MR) is 76.0 cm³/mol. The normalized spacial score (nSPS) is 16.2. The summed E-state index contributed by atoms with van der Waals surface area (Å²) in [6.45, 7) is 2.42. The van der Waals surface area contributed by atoms with E-state index >= 15 is 0 Å². The van der Waals surface area contributed by atoms with Crippen molar-refractivity contribution in [2.75, 3.05) is 6.61 Å². The van der Waals surface area contributed by atoms with Gasteiger partial charge in [0, 0.05) is 12.5 Å². The zero-order valence-corrected chi connectivity index (χ0v) is 12.8. The van der Waals surface area contributed by atoms with Gasteiger partial charge in [-0.05, 0) is 6.92 Å². The molecule has 4 atom stereocenters. The van der Waals surface area contributed by atoms with Crippen LogP contribution >= 0.6 is 0 Å². The van der Waals surface area contributed by atoms with Crippen molar-refractivity contribution in [3.8, 4) is 0 Å². The lowest BCUT2D eigenvalue weighted by molar-refractivity contribution is -0.140. The fourth-order valence-electron chi connectivity index (χ4n) is 1.59. The van der Waals surface area contributed by atoms with Crippen LogP contribution in [-0.4, -0.2) is 56.2 Å². The lowest BCUT2D eigenvalue weighted by Gasteiger charge is -2.19. The number of nitrogens with two attached hydrogens (primary N) is 1. The molecule has 130 valence electrons. The number of hydrogen-bond donors (Lipinski definition) is 6. The van der Waals surface area contributed by atoms with Crippen molar-refractivity contribution in [2.45, 2.75) is 38.6 Å². The van der Waals surface area contributed by atoms with Crippen LogP contribution in [0.4, 0.5) is 4.79 Å². The summed E-state index contributed by atoms with van der Waals surface area (Å²) in [7, 11) is 0. The number of aliphatic hydroxyl groups is 2. The van der Waals surface area contributed by atoms with E-state index in [0.29, 0.717) is 0 Å². The molecule has 23 heavy (non-hydrogen) atoms. The number of aliphatic hydroxyl groups excluding tert-OH is 2. The summed E-state index contributed by atoms with van der Waals surface area (Å²) in [4.78, 5) is 26.6. The average molecular weight is 331 g/mol. The van der Waals surface area contributed by atoms with E-state index in [9.17, 15) is 14.7 Å². The highest BCUT2D eigenvalue weighted by molar-refractivity contribution is 5.82. The van der Waals surface area contributed by atoms with Crippen molar-refractivity contribution in [3.63, 3.8) is 0 Å². The summed E-state index contributed by atoms with van der Waals surface area (Å²) in [5, 5.41) is 35.4. The first kappa shape index (κ1) is 18.8. The van der Waals surface area contributed by atoms with E-state index in [0.717, 1.165) is 0 Å². The zero-order chi connectivity index (χ0) is 17.6. The largest absolute Gasteiger partial charge is 0.480 e. The van der Waals surface area contributed by atoms with Gasteiger partial charge < -0.3 is 36.2 Å². The first-order valence-corrected chi connectivity index (χ1v) is 6.90. The topological polar surface area (TPSA) is 184 Å². The third-order valence-electron chi connectivity index (χ3n) is 3.11. The second-order valence-electron chi connectivity index (χ2n) is 5.12. The molecular weight excluding hydrogens is 310 g/mol. The van der Waals surface area contributed by atoms with E-state index < -0.39 is 36.1 Å². The predicted octanol–water partition coefficient (Wildman–Crippen LogP) is -1.67. The molecule has 2 unspecified atom stereocenters. The van der Waals surface area contributed by atoms with Gasteiger partial charge in [-0.2, -0.15) is 4.98 Å². The van der Waals surface area contributed by atoms with Crippen molar-refractivity contribution in [1.29, 1.82) is 0 Å². The molecule has 7 N–H and O–H groups in total. The van der Waals surface area contributed by atoms with E-state index in [1.54, 1.807) is 0 Å². The van der Waals surface area contributed by atoms with Crippen LogP contribution in [0, 0.1) is 5.92 Å². The summed E-state index contributed by atoms with van der Waals surface area (Å²) < 4.78 is 4.86. The van der Waals surface area contributed by atoms with Gasteiger partial charge in [0.1, 0.15) is 6.04 Å². The first-order valence-electron chi connectivity index (χ1n) is 6.90. The Morgan fingerprint density at radius 1 is 1.39 bits per heavy atom. The van der Waals surface area contributed by atoms with E-state index in [1.165, 1.54) is 13.8 Å². The number of carboxylic acids is 1. The van der Waals surface area contributed by atoms with Crippen LogP contribution in [0.3, 0.4) is 0 Å². The van der Waals surface area contributed by atoms with Gasteiger partial charge in [0.05, 0.1) is 18.7 Å². The maximum Gasteiger partial charge on any atom is 0.326 e. The highest BCUT2D eigenvalue weighted by atomic mass is 16.5. The van der Waals surface area contributed by atoms with Crippen molar-refractivity contribution < 1.29 is 29.4 Å². The Morgan fingerprint density at radius 3 is 2.57 bits per heavy atom. The third kappa shape index (κ3) is 5.47. The van der Waals surface area contributed by atoms with Crippen molar-refractivity contribution in [3.05, 3.63) is 11.7 Å². The fraction of sp³-hybridized carbons (Fsp3) is 0.667. The number of aromatic nitrogens is 2. The summed E-state index contributed by atoms with van der Waals surface area (Å²) in [5.41, 5.74) is 5.63. The quantitative estimate of drug-likeness (QED) is 0.324. The number of nitrogens with one attached hydrogen (secondary N) is 2. The van der Waals surface area contributed by atoms with E-state index in [2.05, 4.69) is 20.8 Å². The first-order chi connectivity index (χ1) is 10.8. The van der Waals surface area contributed by atoms with Crippen LogP contribution in [0.25, 0.3) is 0 Å². The molecule has 1 aromatic heterocycles. The number of carbonyl (C=O) groups excluding carboxylic acids is 1. The molecule has 0 aliphatic heterocycles. The molecule has 0 saturated carbocycles. The zero-order valence-electron chi connectivity index (χ0n) is 12.8. The molecule has 1 heterocycles. The SMILES string of the molecule is CC(CO)[C@H](NC(=O)NCc1nc([C@@H](N)C(C)O)no1)C(=O)O.